The second-order valence-electron chi connectivity index (χ2n) is 9.92. The molecule has 196 valence electrons. The number of nitrogens with zero attached hydrogens (tertiary/aromatic N) is 3. The van der Waals surface area contributed by atoms with E-state index in [2.05, 4.69) is 20.4 Å². The van der Waals surface area contributed by atoms with Crippen LogP contribution in [0.25, 0.3) is 11.0 Å². The van der Waals surface area contributed by atoms with Gasteiger partial charge < -0.3 is 19.7 Å². The molecule has 5 rings (SSSR count). The number of imidazole rings is 1. The Morgan fingerprint density at radius 3 is 2.61 bits per heavy atom. The van der Waals surface area contributed by atoms with Crippen molar-refractivity contribution in [2.75, 3.05) is 6.54 Å². The van der Waals surface area contributed by atoms with Gasteiger partial charge in [-0.05, 0) is 37.5 Å². The Hall–Kier alpha value is -4.27. The molecule has 9 heteroatoms. The SMILES string of the molecule is Cc1cc(C(=O)N[C@@H](CC(=O)N2CCC[C@@H]2c2ccccc2)C(=O)C[C@@H](C)c2nc3ccccc3[nH]2)no1. The van der Waals surface area contributed by atoms with Crippen LogP contribution in [0, 0.1) is 6.92 Å². The summed E-state index contributed by atoms with van der Waals surface area (Å²) in [6.45, 7) is 4.20. The van der Waals surface area contributed by atoms with Gasteiger partial charge in [-0.15, -0.1) is 0 Å². The van der Waals surface area contributed by atoms with E-state index in [1.165, 1.54) is 6.07 Å². The quantitative estimate of drug-likeness (QED) is 0.341. The minimum atomic E-state index is -1.00. The van der Waals surface area contributed by atoms with Crippen LogP contribution in [0.2, 0.25) is 0 Å². The second kappa shape index (κ2) is 11.0. The van der Waals surface area contributed by atoms with Crippen LogP contribution < -0.4 is 5.32 Å². The summed E-state index contributed by atoms with van der Waals surface area (Å²) in [6.07, 6.45) is 1.73. The van der Waals surface area contributed by atoms with Gasteiger partial charge in [0.1, 0.15) is 11.6 Å². The summed E-state index contributed by atoms with van der Waals surface area (Å²) in [4.78, 5) is 49.7. The topological polar surface area (TPSA) is 121 Å². The van der Waals surface area contributed by atoms with Crippen molar-refractivity contribution in [2.45, 2.75) is 57.5 Å². The van der Waals surface area contributed by atoms with Gasteiger partial charge in [-0.2, -0.15) is 0 Å². The number of amides is 2. The van der Waals surface area contributed by atoms with Crippen LogP contribution in [0.3, 0.4) is 0 Å². The van der Waals surface area contributed by atoms with Crippen molar-refractivity contribution in [3.8, 4) is 0 Å². The first-order valence-electron chi connectivity index (χ1n) is 12.9. The molecular formula is C29H31N5O4. The highest BCUT2D eigenvalue weighted by molar-refractivity contribution is 5.98. The lowest BCUT2D eigenvalue weighted by atomic mass is 9.96. The highest BCUT2D eigenvalue weighted by Crippen LogP contribution is 2.32. The number of likely N-dealkylation sites (tertiary alicyclic amines) is 1. The highest BCUT2D eigenvalue weighted by Gasteiger charge is 2.34. The molecule has 2 amide bonds. The average Bonchev–Trinajstić information content (AvgIpc) is 3.68. The Kier molecular flexibility index (Phi) is 7.35. The lowest BCUT2D eigenvalue weighted by Gasteiger charge is -2.27. The van der Waals surface area contributed by atoms with Crippen LogP contribution in [0.1, 0.15) is 72.2 Å². The summed E-state index contributed by atoms with van der Waals surface area (Å²) in [5, 5.41) is 6.51. The Morgan fingerprint density at radius 2 is 1.87 bits per heavy atom. The molecule has 0 aliphatic carbocycles. The van der Waals surface area contributed by atoms with Crippen molar-refractivity contribution in [2.24, 2.45) is 0 Å². The molecule has 1 aliphatic heterocycles. The molecule has 0 spiro atoms. The zero-order valence-corrected chi connectivity index (χ0v) is 21.5. The number of nitrogens with one attached hydrogen (secondary N) is 2. The standard InChI is InChI=1S/C29H31N5O4/c1-18(28-30-21-11-6-7-12-22(21)31-28)15-26(35)23(32-29(37)24-16-19(2)38-33-24)17-27(36)34-14-8-13-25(34)20-9-4-3-5-10-20/h3-7,9-12,16,18,23,25H,8,13-15,17H2,1-2H3,(H,30,31)(H,32,37)/t18-,23+,25-/m1/s1. The zero-order chi connectivity index (χ0) is 26.6. The van der Waals surface area contributed by atoms with Gasteiger partial charge in [0.2, 0.25) is 5.91 Å². The molecule has 3 atom stereocenters. The number of benzene rings is 2. The number of rotatable bonds is 9. The molecule has 4 aromatic rings. The lowest BCUT2D eigenvalue weighted by molar-refractivity contribution is -0.135. The smallest absolute Gasteiger partial charge is 0.274 e. The van der Waals surface area contributed by atoms with Gasteiger partial charge in [0.05, 0.1) is 29.5 Å². The van der Waals surface area contributed by atoms with Crippen LogP contribution in [-0.2, 0) is 9.59 Å². The number of aromatic nitrogens is 3. The van der Waals surface area contributed by atoms with E-state index in [0.29, 0.717) is 18.1 Å². The first-order valence-corrected chi connectivity index (χ1v) is 12.9. The third-order valence-corrected chi connectivity index (χ3v) is 7.07. The monoisotopic (exact) mass is 513 g/mol. The first-order chi connectivity index (χ1) is 18.4. The predicted molar refractivity (Wildman–Crippen MR) is 141 cm³/mol. The van der Waals surface area contributed by atoms with Crippen LogP contribution in [0.4, 0.5) is 0 Å². The summed E-state index contributed by atoms with van der Waals surface area (Å²) < 4.78 is 5.02. The number of H-pyrrole nitrogens is 1. The molecule has 1 saturated heterocycles. The fourth-order valence-electron chi connectivity index (χ4n) is 5.08. The van der Waals surface area contributed by atoms with E-state index in [-0.39, 0.29) is 42.2 Å². The van der Waals surface area contributed by atoms with E-state index in [0.717, 1.165) is 29.4 Å². The Labute approximate surface area is 220 Å². The molecule has 38 heavy (non-hydrogen) atoms. The molecule has 0 bridgehead atoms. The number of aryl methyl sites for hydroxylation is 1. The summed E-state index contributed by atoms with van der Waals surface area (Å²) in [5.41, 5.74) is 2.86. The van der Waals surface area contributed by atoms with Crippen molar-refractivity contribution in [3.05, 3.63) is 83.5 Å². The van der Waals surface area contributed by atoms with Gasteiger partial charge in [-0.3, -0.25) is 14.4 Å². The summed E-state index contributed by atoms with van der Waals surface area (Å²) >= 11 is 0. The minimum absolute atomic E-state index is 0.0391. The molecule has 2 aromatic heterocycles. The lowest BCUT2D eigenvalue weighted by Crippen LogP contribution is -2.45. The molecule has 0 saturated carbocycles. The van der Waals surface area contributed by atoms with E-state index in [1.54, 1.807) is 6.92 Å². The average molecular weight is 514 g/mol. The first kappa shape index (κ1) is 25.4. The van der Waals surface area contributed by atoms with Gasteiger partial charge >= 0.3 is 0 Å². The second-order valence-corrected chi connectivity index (χ2v) is 9.92. The fraction of sp³-hybridized carbons (Fsp3) is 0.345. The number of Topliss-reactive ketones (excluding diaryl/α,β-unsaturated/α-hetero) is 1. The van der Waals surface area contributed by atoms with E-state index in [1.807, 2.05) is 66.4 Å². The maximum Gasteiger partial charge on any atom is 0.274 e. The predicted octanol–water partition coefficient (Wildman–Crippen LogP) is 4.47. The van der Waals surface area contributed by atoms with Gasteiger partial charge in [0, 0.05) is 24.9 Å². The molecule has 9 nitrogen and oxygen atoms in total. The summed E-state index contributed by atoms with van der Waals surface area (Å²) in [6, 6.07) is 18.0. The largest absolute Gasteiger partial charge is 0.361 e. The molecular weight excluding hydrogens is 482 g/mol. The molecule has 0 radical (unpaired) electrons. The van der Waals surface area contributed by atoms with Crippen molar-refractivity contribution in [1.82, 2.24) is 25.3 Å². The molecule has 1 aliphatic rings. The third kappa shape index (κ3) is 5.51. The van der Waals surface area contributed by atoms with Crippen LogP contribution in [0.15, 0.2) is 65.2 Å². The number of carbonyl (C=O) groups excluding carboxylic acids is 3. The van der Waals surface area contributed by atoms with E-state index >= 15 is 0 Å². The zero-order valence-electron chi connectivity index (χ0n) is 21.5. The summed E-state index contributed by atoms with van der Waals surface area (Å²) in [5.74, 6) is -0.0202. The van der Waals surface area contributed by atoms with Crippen LogP contribution in [-0.4, -0.2) is 50.2 Å². The van der Waals surface area contributed by atoms with Crippen molar-refractivity contribution in [3.63, 3.8) is 0 Å². The van der Waals surface area contributed by atoms with Crippen molar-refractivity contribution in [1.29, 1.82) is 0 Å². The highest BCUT2D eigenvalue weighted by atomic mass is 16.5. The van der Waals surface area contributed by atoms with Gasteiger partial charge in [0.25, 0.3) is 5.91 Å². The number of fused-ring (bicyclic) bond motifs is 1. The van der Waals surface area contributed by atoms with E-state index < -0.39 is 11.9 Å². The van der Waals surface area contributed by atoms with Crippen molar-refractivity contribution >= 4 is 28.6 Å². The maximum atomic E-state index is 13.5. The molecule has 2 aromatic carbocycles. The van der Waals surface area contributed by atoms with Crippen LogP contribution >= 0.6 is 0 Å². The Balaban J connectivity index is 1.33. The molecule has 3 heterocycles. The van der Waals surface area contributed by atoms with E-state index in [4.69, 9.17) is 4.52 Å². The summed E-state index contributed by atoms with van der Waals surface area (Å²) in [7, 11) is 0. The normalized spacial score (nSPS) is 16.9. The van der Waals surface area contributed by atoms with E-state index in [9.17, 15) is 14.4 Å². The van der Waals surface area contributed by atoms with Crippen molar-refractivity contribution < 1.29 is 18.9 Å². The van der Waals surface area contributed by atoms with Gasteiger partial charge in [-0.1, -0.05) is 54.5 Å². The maximum absolute atomic E-state index is 13.5. The van der Waals surface area contributed by atoms with Gasteiger partial charge in [-0.25, -0.2) is 4.98 Å². The Morgan fingerprint density at radius 1 is 1.11 bits per heavy atom. The number of hydrogen-bond acceptors (Lipinski definition) is 6. The number of para-hydroxylation sites is 2. The number of ketones is 1. The molecule has 2 N–H and O–H groups in total. The Bertz CT molecular complexity index is 1410. The molecule has 1 fully saturated rings. The minimum Gasteiger partial charge on any atom is -0.361 e. The van der Waals surface area contributed by atoms with Gasteiger partial charge in [0.15, 0.2) is 11.5 Å². The third-order valence-electron chi connectivity index (χ3n) is 7.07. The number of carbonyl (C=O) groups is 3. The number of aromatic amines is 1. The van der Waals surface area contributed by atoms with Crippen LogP contribution in [0.5, 0.6) is 0 Å². The molecule has 0 unspecified atom stereocenters. The number of hydrogen-bond donors (Lipinski definition) is 2. The fourth-order valence-corrected chi connectivity index (χ4v) is 5.08.